The topological polar surface area (TPSA) is 53.9 Å². The highest BCUT2D eigenvalue weighted by atomic mass is 19.4. The van der Waals surface area contributed by atoms with Crippen LogP contribution in [0.2, 0.25) is 0 Å². The highest BCUT2D eigenvalue weighted by Crippen LogP contribution is 2.33. The largest absolute Gasteiger partial charge is 0.463 e. The summed E-state index contributed by atoms with van der Waals surface area (Å²) in [5, 5.41) is 0. The lowest BCUT2D eigenvalue weighted by Crippen LogP contribution is -2.40. The van der Waals surface area contributed by atoms with Gasteiger partial charge in [-0.15, -0.1) is 0 Å². The fourth-order valence-corrected chi connectivity index (χ4v) is 1.34. The van der Waals surface area contributed by atoms with Gasteiger partial charge in [0.25, 0.3) is 0 Å². The number of carbonyl (C=O) groups excluding carboxylic acids is 1. The SMILES string of the molecule is CCOC(=O)C=Cc1ccc([NH3+])cc1C(F)(F)F. The molecular weight excluding hydrogens is 247 g/mol. The van der Waals surface area contributed by atoms with Crippen LogP contribution in [0.25, 0.3) is 6.08 Å². The maximum atomic E-state index is 12.7. The number of hydrogen-bond acceptors (Lipinski definition) is 2. The third-order valence-electron chi connectivity index (χ3n) is 2.11. The van der Waals surface area contributed by atoms with Crippen LogP contribution < -0.4 is 5.73 Å². The van der Waals surface area contributed by atoms with E-state index in [-0.39, 0.29) is 17.9 Å². The predicted octanol–water partition coefficient (Wildman–Crippen LogP) is 2.16. The molecule has 6 heteroatoms. The van der Waals surface area contributed by atoms with Crippen LogP contribution in [0.3, 0.4) is 0 Å². The molecule has 0 aliphatic rings. The van der Waals surface area contributed by atoms with Gasteiger partial charge in [0.2, 0.25) is 0 Å². The van der Waals surface area contributed by atoms with Crippen LogP contribution in [0.1, 0.15) is 18.1 Å². The average Bonchev–Trinajstić information content (AvgIpc) is 2.26. The quantitative estimate of drug-likeness (QED) is 0.668. The summed E-state index contributed by atoms with van der Waals surface area (Å²) in [7, 11) is 0. The number of quaternary nitrogens is 1. The second-order valence-electron chi connectivity index (χ2n) is 3.50. The van der Waals surface area contributed by atoms with E-state index in [0.29, 0.717) is 0 Å². The van der Waals surface area contributed by atoms with Crippen LogP contribution in [0.5, 0.6) is 0 Å². The Morgan fingerprint density at radius 2 is 2.11 bits per heavy atom. The number of esters is 1. The van der Waals surface area contributed by atoms with Gasteiger partial charge in [0, 0.05) is 12.1 Å². The first-order chi connectivity index (χ1) is 8.34. The van der Waals surface area contributed by atoms with E-state index >= 15 is 0 Å². The Morgan fingerprint density at radius 3 is 2.67 bits per heavy atom. The highest BCUT2D eigenvalue weighted by molar-refractivity contribution is 5.87. The second-order valence-corrected chi connectivity index (χ2v) is 3.50. The van der Waals surface area contributed by atoms with Gasteiger partial charge in [-0.2, -0.15) is 13.2 Å². The third-order valence-corrected chi connectivity index (χ3v) is 2.11. The minimum atomic E-state index is -4.48. The van der Waals surface area contributed by atoms with Crippen molar-refractivity contribution in [1.29, 1.82) is 0 Å². The van der Waals surface area contributed by atoms with Crippen molar-refractivity contribution in [1.82, 2.24) is 0 Å². The lowest BCUT2D eigenvalue weighted by molar-refractivity contribution is -0.255. The third kappa shape index (κ3) is 3.89. The molecule has 0 aliphatic carbocycles. The van der Waals surface area contributed by atoms with Gasteiger partial charge < -0.3 is 10.5 Å². The van der Waals surface area contributed by atoms with E-state index in [9.17, 15) is 18.0 Å². The van der Waals surface area contributed by atoms with Crippen molar-refractivity contribution < 1.29 is 28.4 Å². The summed E-state index contributed by atoms with van der Waals surface area (Å²) in [5.74, 6) is -0.677. The maximum Gasteiger partial charge on any atom is 0.417 e. The van der Waals surface area contributed by atoms with Crippen molar-refractivity contribution in [3.05, 3.63) is 35.4 Å². The van der Waals surface area contributed by atoms with Crippen LogP contribution >= 0.6 is 0 Å². The summed E-state index contributed by atoms with van der Waals surface area (Å²) < 4.78 is 42.8. The summed E-state index contributed by atoms with van der Waals surface area (Å²) in [6, 6.07) is 3.64. The van der Waals surface area contributed by atoms with Crippen molar-refractivity contribution in [2.45, 2.75) is 13.1 Å². The van der Waals surface area contributed by atoms with Gasteiger partial charge in [-0.1, -0.05) is 0 Å². The van der Waals surface area contributed by atoms with E-state index in [0.717, 1.165) is 18.2 Å². The second kappa shape index (κ2) is 5.68. The summed E-state index contributed by atoms with van der Waals surface area (Å²) >= 11 is 0. The van der Waals surface area contributed by atoms with Gasteiger partial charge >= 0.3 is 12.1 Å². The monoisotopic (exact) mass is 260 g/mol. The number of ether oxygens (including phenoxy) is 1. The molecule has 1 aromatic rings. The number of alkyl halides is 3. The smallest absolute Gasteiger partial charge is 0.417 e. The highest BCUT2D eigenvalue weighted by Gasteiger charge is 2.33. The zero-order chi connectivity index (χ0) is 13.8. The zero-order valence-corrected chi connectivity index (χ0v) is 9.75. The molecule has 0 fully saturated rings. The van der Waals surface area contributed by atoms with Crippen LogP contribution in [0.4, 0.5) is 18.9 Å². The van der Waals surface area contributed by atoms with E-state index in [1.54, 1.807) is 6.92 Å². The molecule has 0 unspecified atom stereocenters. The first-order valence-corrected chi connectivity index (χ1v) is 5.22. The van der Waals surface area contributed by atoms with E-state index in [1.807, 2.05) is 0 Å². The van der Waals surface area contributed by atoms with Crippen LogP contribution in [-0.2, 0) is 15.7 Å². The standard InChI is InChI=1S/C12H12F3NO2/c1-2-18-11(17)6-4-8-3-5-9(16)7-10(8)12(13,14)15/h3-7H,2,16H2,1H3/p+1. The van der Waals surface area contributed by atoms with E-state index < -0.39 is 17.7 Å². The molecule has 1 rings (SSSR count). The molecule has 0 saturated carbocycles. The summed E-state index contributed by atoms with van der Waals surface area (Å²) in [4.78, 5) is 11.0. The van der Waals surface area contributed by atoms with Crippen molar-refractivity contribution in [2.75, 3.05) is 6.61 Å². The predicted molar refractivity (Wildman–Crippen MR) is 59.7 cm³/mol. The molecule has 0 aromatic heterocycles. The Labute approximate surface area is 102 Å². The van der Waals surface area contributed by atoms with E-state index in [4.69, 9.17) is 0 Å². The van der Waals surface area contributed by atoms with Crippen molar-refractivity contribution >= 4 is 17.7 Å². The fourth-order valence-electron chi connectivity index (χ4n) is 1.34. The summed E-state index contributed by atoms with van der Waals surface area (Å²) in [6.45, 7) is 1.79. The van der Waals surface area contributed by atoms with Crippen molar-refractivity contribution in [3.8, 4) is 0 Å². The van der Waals surface area contributed by atoms with Gasteiger partial charge in [-0.25, -0.2) is 4.79 Å². The molecule has 0 bridgehead atoms. The molecular formula is C12H13F3NO2+. The molecule has 3 N–H and O–H groups in total. The molecule has 18 heavy (non-hydrogen) atoms. The minimum Gasteiger partial charge on any atom is -0.463 e. The molecule has 98 valence electrons. The lowest BCUT2D eigenvalue weighted by Gasteiger charge is -2.09. The van der Waals surface area contributed by atoms with E-state index in [1.165, 1.54) is 12.1 Å². The Hall–Kier alpha value is -1.82. The Kier molecular flexibility index (Phi) is 4.49. The Morgan fingerprint density at radius 1 is 1.44 bits per heavy atom. The van der Waals surface area contributed by atoms with Crippen molar-refractivity contribution in [3.63, 3.8) is 0 Å². The van der Waals surface area contributed by atoms with Gasteiger partial charge in [0.05, 0.1) is 12.2 Å². The average molecular weight is 260 g/mol. The molecule has 0 aliphatic heterocycles. The number of rotatable bonds is 3. The van der Waals surface area contributed by atoms with Gasteiger partial charge in [0.1, 0.15) is 5.69 Å². The molecule has 0 spiro atoms. The number of carbonyl (C=O) groups is 1. The Bertz CT molecular complexity index is 467. The molecule has 0 heterocycles. The van der Waals surface area contributed by atoms with Crippen molar-refractivity contribution in [2.24, 2.45) is 0 Å². The summed E-state index contributed by atoms with van der Waals surface area (Å²) in [6.07, 6.45) is -2.43. The molecule has 1 aromatic carbocycles. The molecule has 3 nitrogen and oxygen atoms in total. The number of hydrogen-bond donors (Lipinski definition) is 1. The minimum absolute atomic E-state index is 0.0945. The molecule has 0 atom stereocenters. The van der Waals surface area contributed by atoms with Crippen LogP contribution in [0, 0.1) is 0 Å². The van der Waals surface area contributed by atoms with E-state index in [2.05, 4.69) is 10.5 Å². The fraction of sp³-hybridized carbons (Fsp3) is 0.250. The zero-order valence-electron chi connectivity index (χ0n) is 9.75. The first-order valence-electron chi connectivity index (χ1n) is 5.22. The molecule has 0 amide bonds. The Balaban J connectivity index is 3.06. The molecule has 0 saturated heterocycles. The van der Waals surface area contributed by atoms with Crippen LogP contribution in [-0.4, -0.2) is 12.6 Å². The first kappa shape index (κ1) is 14.2. The normalized spacial score (nSPS) is 11.8. The number of halogens is 3. The van der Waals surface area contributed by atoms with Gasteiger partial charge in [-0.3, -0.25) is 0 Å². The summed E-state index contributed by atoms with van der Waals surface area (Å²) in [5.41, 5.74) is 2.79. The maximum absolute atomic E-state index is 12.7. The van der Waals surface area contributed by atoms with Crippen LogP contribution in [0.15, 0.2) is 24.3 Å². The lowest BCUT2D eigenvalue weighted by atomic mass is 10.1. The van der Waals surface area contributed by atoms with Gasteiger partial charge in [-0.05, 0) is 30.7 Å². The number of benzene rings is 1. The molecule has 0 radical (unpaired) electrons. The van der Waals surface area contributed by atoms with Gasteiger partial charge in [0.15, 0.2) is 0 Å².